The van der Waals surface area contributed by atoms with Crippen molar-refractivity contribution in [2.24, 2.45) is 0 Å². The molecule has 2 amide bonds. The van der Waals surface area contributed by atoms with Crippen LogP contribution in [0.15, 0.2) is 22.6 Å². The number of piperidine rings is 1. The number of likely N-dealkylation sites (tertiary alicyclic amines) is 1. The van der Waals surface area contributed by atoms with Crippen LogP contribution in [0.25, 0.3) is 0 Å². The van der Waals surface area contributed by atoms with Gasteiger partial charge in [0, 0.05) is 24.6 Å². The van der Waals surface area contributed by atoms with Crippen molar-refractivity contribution in [3.63, 3.8) is 0 Å². The molecule has 2 saturated carbocycles. The number of aromatic nitrogens is 2. The zero-order valence-electron chi connectivity index (χ0n) is 22.3. The summed E-state index contributed by atoms with van der Waals surface area (Å²) in [6, 6.07) is 3.14. The van der Waals surface area contributed by atoms with E-state index in [2.05, 4.69) is 15.5 Å². The lowest BCUT2D eigenvalue weighted by Crippen LogP contribution is -2.52. The van der Waals surface area contributed by atoms with Gasteiger partial charge >= 0.3 is 6.09 Å². The van der Waals surface area contributed by atoms with Crippen LogP contribution in [-0.4, -0.2) is 64.1 Å². The van der Waals surface area contributed by atoms with Crippen molar-refractivity contribution in [2.75, 3.05) is 13.2 Å². The van der Waals surface area contributed by atoms with E-state index < -0.39 is 29.5 Å². The summed E-state index contributed by atoms with van der Waals surface area (Å²) in [4.78, 5) is 27.3. The number of carbonyl (C=O) groups excluding carboxylic acids is 2. The number of amides is 2. The van der Waals surface area contributed by atoms with Gasteiger partial charge in [-0.05, 0) is 71.4 Å². The summed E-state index contributed by atoms with van der Waals surface area (Å²) >= 11 is 5.69. The Morgan fingerprint density at radius 3 is 2.56 bits per heavy atom. The average molecular weight is 565 g/mol. The van der Waals surface area contributed by atoms with E-state index in [4.69, 9.17) is 30.2 Å². The Bertz CT molecular complexity index is 1190. The van der Waals surface area contributed by atoms with Crippen molar-refractivity contribution >= 4 is 23.6 Å². The first-order valence-electron chi connectivity index (χ1n) is 13.4. The minimum atomic E-state index is -0.706. The quantitative estimate of drug-likeness (QED) is 0.480. The first-order chi connectivity index (χ1) is 18.5. The van der Waals surface area contributed by atoms with Gasteiger partial charge in [0.25, 0.3) is 5.91 Å². The van der Waals surface area contributed by atoms with E-state index in [9.17, 15) is 14.0 Å². The predicted molar refractivity (Wildman–Crippen MR) is 138 cm³/mol. The maximum Gasteiger partial charge on any atom is 0.411 e. The Morgan fingerprint density at radius 1 is 1.13 bits per heavy atom. The van der Waals surface area contributed by atoms with Gasteiger partial charge in [0.15, 0.2) is 6.61 Å². The molecule has 2 heterocycles. The first-order valence-corrected chi connectivity index (χ1v) is 13.8. The topological polar surface area (TPSA) is 116 Å². The maximum absolute atomic E-state index is 13.6. The normalized spacial score (nSPS) is 25.1. The highest BCUT2D eigenvalue weighted by atomic mass is 35.5. The largest absolute Gasteiger partial charge is 0.484 e. The maximum atomic E-state index is 13.6. The van der Waals surface area contributed by atoms with E-state index in [1.54, 1.807) is 20.8 Å². The molecule has 1 saturated heterocycles. The van der Waals surface area contributed by atoms with Crippen molar-refractivity contribution in [1.82, 2.24) is 20.4 Å². The van der Waals surface area contributed by atoms with Crippen LogP contribution in [0.5, 0.6) is 5.75 Å². The van der Waals surface area contributed by atoms with Crippen LogP contribution < -0.4 is 10.1 Å². The third kappa shape index (κ3) is 7.19. The van der Waals surface area contributed by atoms with Gasteiger partial charge in [0.2, 0.25) is 11.8 Å². The van der Waals surface area contributed by atoms with E-state index in [1.165, 1.54) is 17.0 Å². The molecular formula is C27H34ClFN4O6. The Morgan fingerprint density at radius 2 is 1.87 bits per heavy atom. The van der Waals surface area contributed by atoms with Gasteiger partial charge in [-0.3, -0.25) is 9.69 Å². The minimum Gasteiger partial charge on any atom is -0.484 e. The molecule has 0 radical (unpaired) electrons. The number of ether oxygens (including phenoxy) is 3. The van der Waals surface area contributed by atoms with Crippen LogP contribution in [0.2, 0.25) is 5.02 Å². The molecule has 1 aromatic heterocycles. The van der Waals surface area contributed by atoms with E-state index in [1.807, 2.05) is 0 Å². The number of nitrogens with zero attached hydrogens (tertiary/aromatic N) is 3. The fourth-order valence-electron chi connectivity index (χ4n) is 4.75. The highest BCUT2D eigenvalue weighted by Crippen LogP contribution is 2.42. The van der Waals surface area contributed by atoms with Gasteiger partial charge in [-0.25, -0.2) is 9.18 Å². The molecule has 12 heteroatoms. The van der Waals surface area contributed by atoms with Crippen molar-refractivity contribution in [2.45, 2.75) is 95.1 Å². The molecule has 2 aliphatic carbocycles. The number of halogens is 2. The molecule has 3 aliphatic rings. The number of hydrogen-bond donors (Lipinski definition) is 1. The molecule has 2 aromatic rings. The number of carbonyl (C=O) groups is 2. The zero-order chi connectivity index (χ0) is 27.7. The molecule has 2 atom stereocenters. The molecule has 0 unspecified atom stereocenters. The second-order valence-electron chi connectivity index (χ2n) is 11.5. The highest BCUT2D eigenvalue weighted by molar-refractivity contribution is 6.30. The van der Waals surface area contributed by atoms with Gasteiger partial charge in [-0.15, -0.1) is 10.2 Å². The lowest BCUT2D eigenvalue weighted by molar-refractivity contribution is -0.124. The third-order valence-corrected chi connectivity index (χ3v) is 7.24. The fraction of sp³-hybridized carbons (Fsp3) is 0.630. The SMILES string of the molecule is CC(C)(C)OC(=O)N1C[C@@H](NC(=O)COc2ccc(Cl)c(F)c2)CC[C@@H]1c1nnc(C2CC(OC3CC3)C2)o1. The summed E-state index contributed by atoms with van der Waals surface area (Å²) in [5.41, 5.74) is -0.706. The Hall–Kier alpha value is -2.92. The fourth-order valence-corrected chi connectivity index (χ4v) is 4.87. The second kappa shape index (κ2) is 11.3. The van der Waals surface area contributed by atoms with Crippen LogP contribution in [0.3, 0.4) is 0 Å². The molecule has 1 N–H and O–H groups in total. The lowest BCUT2D eigenvalue weighted by Gasteiger charge is -2.38. The number of rotatable bonds is 8. The van der Waals surface area contributed by atoms with Gasteiger partial charge < -0.3 is 23.9 Å². The molecule has 5 rings (SSSR count). The van der Waals surface area contributed by atoms with Gasteiger partial charge in [0.1, 0.15) is 23.2 Å². The molecule has 0 spiro atoms. The monoisotopic (exact) mass is 564 g/mol. The summed E-state index contributed by atoms with van der Waals surface area (Å²) in [7, 11) is 0. The predicted octanol–water partition coefficient (Wildman–Crippen LogP) is 4.92. The molecule has 0 bridgehead atoms. The second-order valence-corrected chi connectivity index (χ2v) is 11.9. The van der Waals surface area contributed by atoms with Crippen LogP contribution in [-0.2, 0) is 14.3 Å². The zero-order valence-corrected chi connectivity index (χ0v) is 23.1. The van der Waals surface area contributed by atoms with Crippen molar-refractivity contribution in [1.29, 1.82) is 0 Å². The summed E-state index contributed by atoms with van der Waals surface area (Å²) in [6.45, 7) is 5.26. The molecule has 1 aromatic carbocycles. The van der Waals surface area contributed by atoms with Crippen LogP contribution in [0.4, 0.5) is 9.18 Å². The third-order valence-electron chi connectivity index (χ3n) is 6.93. The molecule has 10 nitrogen and oxygen atoms in total. The molecule has 3 fully saturated rings. The van der Waals surface area contributed by atoms with E-state index in [0.29, 0.717) is 30.7 Å². The Kier molecular flexibility index (Phi) is 8.00. The molecule has 39 heavy (non-hydrogen) atoms. The average Bonchev–Trinajstić information content (AvgIpc) is 3.55. The summed E-state index contributed by atoms with van der Waals surface area (Å²) in [5.74, 6) is 0.251. The van der Waals surface area contributed by atoms with Crippen LogP contribution in [0.1, 0.15) is 83.0 Å². The molecule has 212 valence electrons. The van der Waals surface area contributed by atoms with Crippen LogP contribution >= 0.6 is 11.6 Å². The van der Waals surface area contributed by atoms with Gasteiger partial charge in [0.05, 0.1) is 17.2 Å². The summed E-state index contributed by atoms with van der Waals surface area (Å²) < 4.78 is 36.7. The number of hydrogen-bond acceptors (Lipinski definition) is 8. The minimum absolute atomic E-state index is 0.0290. The number of benzene rings is 1. The van der Waals surface area contributed by atoms with Crippen molar-refractivity contribution in [3.8, 4) is 5.75 Å². The smallest absolute Gasteiger partial charge is 0.411 e. The van der Waals surface area contributed by atoms with Gasteiger partial charge in [-0.1, -0.05) is 11.6 Å². The number of nitrogens with one attached hydrogen (secondary N) is 1. The summed E-state index contributed by atoms with van der Waals surface area (Å²) in [6.07, 6.45) is 5.21. The van der Waals surface area contributed by atoms with Crippen molar-refractivity contribution in [3.05, 3.63) is 40.8 Å². The van der Waals surface area contributed by atoms with Crippen molar-refractivity contribution < 1.29 is 32.6 Å². The van der Waals surface area contributed by atoms with Crippen LogP contribution in [0, 0.1) is 5.82 Å². The molecule has 1 aliphatic heterocycles. The van der Waals surface area contributed by atoms with E-state index in [-0.39, 0.29) is 42.0 Å². The van der Waals surface area contributed by atoms with E-state index >= 15 is 0 Å². The lowest BCUT2D eigenvalue weighted by atomic mass is 9.82. The Balaban J connectivity index is 1.19. The highest BCUT2D eigenvalue weighted by Gasteiger charge is 2.41. The van der Waals surface area contributed by atoms with Gasteiger partial charge in [-0.2, -0.15) is 0 Å². The first kappa shape index (κ1) is 27.6. The summed E-state index contributed by atoms with van der Waals surface area (Å²) in [5, 5.41) is 11.4. The van der Waals surface area contributed by atoms with E-state index in [0.717, 1.165) is 31.7 Å². The standard InChI is InChI=1S/C27H34ClFN4O6/c1-27(2,3)39-26(35)33-13-16(30-23(34)14-36-18-7-8-20(28)21(29)12-18)4-9-22(33)25-32-31-24(38-25)15-10-19(11-15)37-17-5-6-17/h7-8,12,15-17,19,22H,4-6,9-11,13-14H2,1-3H3,(H,30,34)/t15?,16-,19?,22+/m0/s1. The molecular weight excluding hydrogens is 531 g/mol. The Labute approximate surface area is 231 Å².